The summed E-state index contributed by atoms with van der Waals surface area (Å²) < 4.78 is 6.28. The highest BCUT2D eigenvalue weighted by Crippen LogP contribution is 2.34. The molecule has 1 aromatic carbocycles. The Hall–Kier alpha value is -3.53. The van der Waals surface area contributed by atoms with Crippen molar-refractivity contribution in [3.05, 3.63) is 42.0 Å². The Balaban J connectivity index is 1.28. The largest absolute Gasteiger partial charge is 0.491 e. The average Bonchev–Trinajstić information content (AvgIpc) is 3.52. The van der Waals surface area contributed by atoms with E-state index in [1.165, 1.54) is 6.33 Å². The summed E-state index contributed by atoms with van der Waals surface area (Å²) in [4.78, 5) is 43.4. The summed E-state index contributed by atoms with van der Waals surface area (Å²) in [6.45, 7) is 1.45. The first-order valence-electron chi connectivity index (χ1n) is 11.7. The molecule has 34 heavy (non-hydrogen) atoms. The van der Waals surface area contributed by atoms with Gasteiger partial charge in [0.05, 0.1) is 19.0 Å². The van der Waals surface area contributed by atoms with Gasteiger partial charge in [-0.2, -0.15) is 0 Å². The number of ketones is 1. The summed E-state index contributed by atoms with van der Waals surface area (Å²) in [6, 6.07) is 5.72. The van der Waals surface area contributed by atoms with Crippen LogP contribution in [0.15, 0.2) is 30.9 Å². The van der Waals surface area contributed by atoms with E-state index in [2.05, 4.69) is 30.2 Å². The van der Waals surface area contributed by atoms with Gasteiger partial charge in [0, 0.05) is 36.6 Å². The molecule has 3 N–H and O–H groups in total. The van der Waals surface area contributed by atoms with Crippen LogP contribution in [0.2, 0.25) is 0 Å². The molecule has 10 heteroatoms. The number of fused-ring (bicyclic) bond motifs is 2. The number of aromatic amines is 1. The number of anilines is 1. The van der Waals surface area contributed by atoms with Crippen molar-refractivity contribution in [2.45, 2.75) is 38.1 Å². The third kappa shape index (κ3) is 4.33. The van der Waals surface area contributed by atoms with Crippen LogP contribution in [0.3, 0.4) is 0 Å². The Morgan fingerprint density at radius 2 is 2.18 bits per heavy atom. The van der Waals surface area contributed by atoms with Crippen molar-refractivity contribution in [2.75, 3.05) is 31.2 Å². The zero-order valence-electron chi connectivity index (χ0n) is 18.9. The molecule has 2 atom stereocenters. The lowest BCUT2D eigenvalue weighted by Gasteiger charge is -2.28. The minimum absolute atomic E-state index is 0.0176. The number of carbonyl (C=O) groups is 2. The molecule has 3 heterocycles. The van der Waals surface area contributed by atoms with Gasteiger partial charge in [0.1, 0.15) is 24.2 Å². The lowest BCUT2D eigenvalue weighted by molar-refractivity contribution is -0.122. The zero-order valence-corrected chi connectivity index (χ0v) is 18.9. The number of amides is 1. The Morgan fingerprint density at radius 1 is 1.26 bits per heavy atom. The van der Waals surface area contributed by atoms with Crippen LogP contribution >= 0.6 is 0 Å². The highest BCUT2D eigenvalue weighted by molar-refractivity contribution is 6.02. The maximum Gasteiger partial charge on any atom is 0.220 e. The molecule has 0 radical (unpaired) electrons. The second-order valence-electron chi connectivity index (χ2n) is 8.76. The quantitative estimate of drug-likeness (QED) is 0.458. The van der Waals surface area contributed by atoms with E-state index in [-0.39, 0.29) is 43.2 Å². The SMILES string of the molecule is O=C(CC1CCc2c(OCC3CCCN3c3ncnc4nc[nH]c34)cccc2C1=O)NCCO. The molecule has 3 aromatic rings. The van der Waals surface area contributed by atoms with E-state index >= 15 is 0 Å². The molecule has 0 spiro atoms. The average molecular weight is 465 g/mol. The number of imidazole rings is 1. The first-order valence-corrected chi connectivity index (χ1v) is 11.7. The number of H-pyrrole nitrogens is 1. The van der Waals surface area contributed by atoms with Crippen LogP contribution in [-0.2, 0) is 11.2 Å². The lowest BCUT2D eigenvalue weighted by atomic mass is 9.80. The van der Waals surface area contributed by atoms with Crippen LogP contribution < -0.4 is 15.0 Å². The smallest absolute Gasteiger partial charge is 0.220 e. The van der Waals surface area contributed by atoms with Crippen LogP contribution in [-0.4, -0.2) is 69.1 Å². The van der Waals surface area contributed by atoms with Gasteiger partial charge in [-0.25, -0.2) is 15.0 Å². The van der Waals surface area contributed by atoms with Crippen molar-refractivity contribution in [3.8, 4) is 5.75 Å². The molecular formula is C24H28N6O4. The molecular weight excluding hydrogens is 436 g/mol. The number of aliphatic hydroxyl groups is 1. The fourth-order valence-corrected chi connectivity index (χ4v) is 4.99. The third-order valence-electron chi connectivity index (χ3n) is 6.66. The van der Waals surface area contributed by atoms with Crippen molar-refractivity contribution >= 4 is 28.7 Å². The number of nitrogens with one attached hydrogen (secondary N) is 2. The van der Waals surface area contributed by atoms with Crippen LogP contribution in [0.1, 0.15) is 41.6 Å². The first-order chi connectivity index (χ1) is 16.7. The fourth-order valence-electron chi connectivity index (χ4n) is 4.99. The molecule has 0 bridgehead atoms. The van der Waals surface area contributed by atoms with Gasteiger partial charge >= 0.3 is 0 Å². The molecule has 1 fully saturated rings. The second-order valence-corrected chi connectivity index (χ2v) is 8.76. The van der Waals surface area contributed by atoms with Gasteiger partial charge in [-0.1, -0.05) is 12.1 Å². The summed E-state index contributed by atoms with van der Waals surface area (Å²) in [5.74, 6) is 0.995. The van der Waals surface area contributed by atoms with E-state index in [1.54, 1.807) is 6.33 Å². The second kappa shape index (κ2) is 9.76. The number of benzene rings is 1. The summed E-state index contributed by atoms with van der Waals surface area (Å²) in [5.41, 5.74) is 3.03. The molecule has 178 valence electrons. The highest BCUT2D eigenvalue weighted by atomic mass is 16.5. The van der Waals surface area contributed by atoms with Crippen LogP contribution in [0.25, 0.3) is 11.2 Å². The fraction of sp³-hybridized carbons (Fsp3) is 0.458. The lowest BCUT2D eigenvalue weighted by Crippen LogP contribution is -2.35. The van der Waals surface area contributed by atoms with Crippen molar-refractivity contribution < 1.29 is 19.4 Å². The standard InChI is InChI=1S/C24H28N6O4/c31-10-8-25-20(32)11-15-6-7-17-18(22(15)33)4-1-5-19(17)34-12-16-3-2-9-30(16)24-21-23(27-13-26-21)28-14-29-24/h1,4-5,13-16,31H,2-3,6-12H2,(H,25,32)(H,26,27,28,29). The summed E-state index contributed by atoms with van der Waals surface area (Å²) in [6.07, 6.45) is 6.62. The van der Waals surface area contributed by atoms with Crippen molar-refractivity contribution in [2.24, 2.45) is 5.92 Å². The van der Waals surface area contributed by atoms with Gasteiger partial charge in [-0.15, -0.1) is 0 Å². The maximum absolute atomic E-state index is 13.1. The number of hydrogen-bond donors (Lipinski definition) is 3. The topological polar surface area (TPSA) is 133 Å². The highest BCUT2D eigenvalue weighted by Gasteiger charge is 2.32. The number of aromatic nitrogens is 4. The van der Waals surface area contributed by atoms with Gasteiger partial charge in [0.2, 0.25) is 5.91 Å². The molecule has 1 aliphatic heterocycles. The van der Waals surface area contributed by atoms with Gasteiger partial charge < -0.3 is 25.0 Å². The van der Waals surface area contributed by atoms with Crippen molar-refractivity contribution in [3.63, 3.8) is 0 Å². The van der Waals surface area contributed by atoms with E-state index in [0.717, 1.165) is 42.0 Å². The van der Waals surface area contributed by atoms with Gasteiger partial charge in [-0.05, 0) is 31.7 Å². The van der Waals surface area contributed by atoms with E-state index in [0.29, 0.717) is 30.7 Å². The predicted molar refractivity (Wildman–Crippen MR) is 125 cm³/mol. The third-order valence-corrected chi connectivity index (χ3v) is 6.66. The number of Topliss-reactive ketones (excluding diaryl/α,β-unsaturated/α-hetero) is 1. The number of nitrogens with zero attached hydrogens (tertiary/aromatic N) is 4. The number of ether oxygens (including phenoxy) is 1. The first kappa shape index (κ1) is 22.3. The molecule has 2 aromatic heterocycles. The zero-order chi connectivity index (χ0) is 23.5. The van der Waals surface area contributed by atoms with Gasteiger partial charge in [-0.3, -0.25) is 9.59 Å². The Kier molecular flexibility index (Phi) is 6.39. The molecule has 2 aliphatic rings. The Morgan fingerprint density at radius 3 is 3.06 bits per heavy atom. The van der Waals surface area contributed by atoms with Crippen molar-refractivity contribution in [1.29, 1.82) is 0 Å². The number of rotatable bonds is 8. The molecule has 5 rings (SSSR count). The monoisotopic (exact) mass is 464 g/mol. The molecule has 1 aliphatic carbocycles. The molecule has 0 saturated carbocycles. The van der Waals surface area contributed by atoms with Crippen molar-refractivity contribution in [1.82, 2.24) is 25.3 Å². The predicted octanol–water partition coefficient (Wildman–Crippen LogP) is 1.64. The van der Waals surface area contributed by atoms with E-state index in [9.17, 15) is 9.59 Å². The minimum Gasteiger partial charge on any atom is -0.491 e. The van der Waals surface area contributed by atoms with E-state index in [4.69, 9.17) is 9.84 Å². The van der Waals surface area contributed by atoms with E-state index < -0.39 is 0 Å². The summed E-state index contributed by atoms with van der Waals surface area (Å²) >= 11 is 0. The van der Waals surface area contributed by atoms with Crippen LogP contribution in [0.5, 0.6) is 5.75 Å². The van der Waals surface area contributed by atoms with Crippen LogP contribution in [0.4, 0.5) is 5.82 Å². The summed E-state index contributed by atoms with van der Waals surface area (Å²) in [7, 11) is 0. The molecule has 1 amide bonds. The van der Waals surface area contributed by atoms with Crippen LogP contribution in [0, 0.1) is 5.92 Å². The van der Waals surface area contributed by atoms with Gasteiger partial charge in [0.25, 0.3) is 0 Å². The molecule has 10 nitrogen and oxygen atoms in total. The summed E-state index contributed by atoms with van der Waals surface area (Å²) in [5, 5.41) is 11.5. The number of carbonyl (C=O) groups excluding carboxylic acids is 2. The molecule has 2 unspecified atom stereocenters. The minimum atomic E-state index is -0.346. The number of aliphatic hydroxyl groups excluding tert-OH is 1. The Bertz CT molecular complexity index is 1200. The Labute approximate surface area is 196 Å². The number of hydrogen-bond acceptors (Lipinski definition) is 8. The normalized spacial score (nSPS) is 19.9. The molecule has 1 saturated heterocycles. The maximum atomic E-state index is 13.1. The van der Waals surface area contributed by atoms with E-state index in [1.807, 2.05) is 18.2 Å². The van der Waals surface area contributed by atoms with Gasteiger partial charge in [0.15, 0.2) is 17.2 Å².